The fraction of sp³-hybridized carbons (Fsp3) is 0.909. The molecule has 2 saturated heterocycles. The lowest BCUT2D eigenvalue weighted by atomic mass is 10.1. The van der Waals surface area contributed by atoms with Crippen molar-refractivity contribution in [2.45, 2.75) is 38.5 Å². The molecule has 0 aromatic heterocycles. The second kappa shape index (κ2) is 4.22. The van der Waals surface area contributed by atoms with Crippen LogP contribution < -0.4 is 5.32 Å². The van der Waals surface area contributed by atoms with Gasteiger partial charge in [-0.3, -0.25) is 4.90 Å². The van der Waals surface area contributed by atoms with Gasteiger partial charge in [0, 0.05) is 19.6 Å². The van der Waals surface area contributed by atoms with Crippen LogP contribution in [0.25, 0.3) is 0 Å². The molecule has 0 saturated carbocycles. The van der Waals surface area contributed by atoms with E-state index in [1.54, 1.807) is 4.90 Å². The summed E-state index contributed by atoms with van der Waals surface area (Å²) in [6.07, 6.45) is -0.101. The second-order valence-electron chi connectivity index (χ2n) is 5.31. The average Bonchev–Trinajstić information content (AvgIpc) is 2.61. The zero-order valence-electron chi connectivity index (χ0n) is 10.2. The van der Waals surface area contributed by atoms with Crippen LogP contribution >= 0.6 is 0 Å². The minimum absolute atomic E-state index is 0.126. The third kappa shape index (κ3) is 2.47. The van der Waals surface area contributed by atoms with Crippen LogP contribution in [0.15, 0.2) is 0 Å². The molecule has 0 radical (unpaired) electrons. The van der Waals surface area contributed by atoms with Gasteiger partial charge in [-0.05, 0) is 20.8 Å². The van der Waals surface area contributed by atoms with Gasteiger partial charge in [-0.1, -0.05) is 0 Å². The van der Waals surface area contributed by atoms with Crippen molar-refractivity contribution in [3.63, 3.8) is 0 Å². The highest BCUT2D eigenvalue weighted by Crippen LogP contribution is 2.20. The average molecular weight is 228 g/mol. The van der Waals surface area contributed by atoms with E-state index in [4.69, 9.17) is 9.47 Å². The van der Waals surface area contributed by atoms with E-state index in [-0.39, 0.29) is 18.2 Å². The van der Waals surface area contributed by atoms with Crippen LogP contribution in [-0.4, -0.2) is 55.0 Å². The Morgan fingerprint density at radius 1 is 1.44 bits per heavy atom. The van der Waals surface area contributed by atoms with Gasteiger partial charge in [0.05, 0.1) is 18.8 Å². The first-order valence-corrected chi connectivity index (χ1v) is 5.79. The van der Waals surface area contributed by atoms with E-state index in [2.05, 4.69) is 5.32 Å². The molecule has 0 aromatic carbocycles. The Bertz CT molecular complexity index is 275. The molecule has 2 aliphatic rings. The summed E-state index contributed by atoms with van der Waals surface area (Å²) in [6, 6.07) is 0.128. The quantitative estimate of drug-likeness (QED) is 0.659. The van der Waals surface area contributed by atoms with E-state index < -0.39 is 5.60 Å². The van der Waals surface area contributed by atoms with Gasteiger partial charge in [0.1, 0.15) is 5.60 Å². The summed E-state index contributed by atoms with van der Waals surface area (Å²) in [4.78, 5) is 13.8. The molecular weight excluding hydrogens is 208 g/mol. The zero-order chi connectivity index (χ0) is 11.8. The summed E-state index contributed by atoms with van der Waals surface area (Å²) in [6.45, 7) is 8.49. The third-order valence-corrected chi connectivity index (χ3v) is 2.82. The molecule has 2 atom stereocenters. The largest absolute Gasteiger partial charge is 0.444 e. The molecule has 0 bridgehead atoms. The Morgan fingerprint density at radius 2 is 2.19 bits per heavy atom. The number of hydrogen-bond acceptors (Lipinski definition) is 4. The molecule has 1 N–H and O–H groups in total. The van der Waals surface area contributed by atoms with E-state index >= 15 is 0 Å². The molecule has 2 fully saturated rings. The van der Waals surface area contributed by atoms with E-state index in [9.17, 15) is 4.79 Å². The Balaban J connectivity index is 2.00. The molecule has 5 nitrogen and oxygen atoms in total. The summed E-state index contributed by atoms with van der Waals surface area (Å²) in [5.74, 6) is 0. The third-order valence-electron chi connectivity index (χ3n) is 2.82. The lowest BCUT2D eigenvalue weighted by Crippen LogP contribution is -2.54. The maximum absolute atomic E-state index is 12.0. The van der Waals surface area contributed by atoms with E-state index in [0.717, 1.165) is 13.1 Å². The predicted octanol–water partition coefficient (Wildman–Crippen LogP) is 0.594. The van der Waals surface area contributed by atoms with Gasteiger partial charge in [0.2, 0.25) is 0 Å². The summed E-state index contributed by atoms with van der Waals surface area (Å²) >= 11 is 0. The molecule has 5 heteroatoms. The molecule has 1 amide bonds. The molecular formula is C11H20N2O3. The molecule has 2 rings (SSSR count). The number of fused-ring (bicyclic) bond motifs is 1. The number of amides is 1. The Labute approximate surface area is 96.1 Å². The molecule has 92 valence electrons. The second-order valence-corrected chi connectivity index (χ2v) is 5.31. The molecule has 0 aliphatic carbocycles. The number of ether oxygens (including phenoxy) is 2. The lowest BCUT2D eigenvalue weighted by molar-refractivity contribution is -0.0567. The number of morpholine rings is 1. The molecule has 1 unspecified atom stereocenters. The highest BCUT2D eigenvalue weighted by atomic mass is 16.6. The fourth-order valence-electron chi connectivity index (χ4n) is 2.14. The van der Waals surface area contributed by atoms with Crippen molar-refractivity contribution < 1.29 is 14.3 Å². The van der Waals surface area contributed by atoms with E-state index in [1.165, 1.54) is 0 Å². The fourth-order valence-corrected chi connectivity index (χ4v) is 2.14. The van der Waals surface area contributed by atoms with Crippen LogP contribution in [0.2, 0.25) is 0 Å². The summed E-state index contributed by atoms with van der Waals surface area (Å²) in [7, 11) is 0. The first-order valence-electron chi connectivity index (χ1n) is 5.79. The molecule has 0 spiro atoms. The summed E-state index contributed by atoms with van der Waals surface area (Å²) < 4.78 is 11.0. The summed E-state index contributed by atoms with van der Waals surface area (Å²) in [5.41, 5.74) is -0.434. The number of hydrogen-bond donors (Lipinski definition) is 1. The first kappa shape index (κ1) is 11.7. The van der Waals surface area contributed by atoms with E-state index in [1.807, 2.05) is 20.8 Å². The van der Waals surface area contributed by atoms with Crippen LogP contribution in [0.3, 0.4) is 0 Å². The molecule has 16 heavy (non-hydrogen) atoms. The van der Waals surface area contributed by atoms with Gasteiger partial charge >= 0.3 is 6.09 Å². The highest BCUT2D eigenvalue weighted by molar-refractivity contribution is 5.69. The van der Waals surface area contributed by atoms with Gasteiger partial charge in [-0.25, -0.2) is 4.79 Å². The lowest BCUT2D eigenvalue weighted by Gasteiger charge is -2.37. The molecule has 2 aliphatic heterocycles. The Hall–Kier alpha value is -0.810. The van der Waals surface area contributed by atoms with Crippen molar-refractivity contribution in [1.29, 1.82) is 0 Å². The Kier molecular flexibility index (Phi) is 3.08. The van der Waals surface area contributed by atoms with Gasteiger partial charge in [0.25, 0.3) is 0 Å². The van der Waals surface area contributed by atoms with Crippen molar-refractivity contribution in [3.05, 3.63) is 0 Å². The van der Waals surface area contributed by atoms with Crippen LogP contribution in [0.1, 0.15) is 20.8 Å². The van der Waals surface area contributed by atoms with Gasteiger partial charge in [-0.2, -0.15) is 0 Å². The SMILES string of the molecule is CC(C)(C)OC(=O)N1CCO[C@H]2CNCC21. The van der Waals surface area contributed by atoms with Gasteiger partial charge < -0.3 is 14.8 Å². The van der Waals surface area contributed by atoms with Crippen molar-refractivity contribution in [2.75, 3.05) is 26.2 Å². The summed E-state index contributed by atoms with van der Waals surface area (Å²) in [5, 5.41) is 3.24. The maximum Gasteiger partial charge on any atom is 0.410 e. The number of nitrogens with zero attached hydrogens (tertiary/aromatic N) is 1. The maximum atomic E-state index is 12.0. The van der Waals surface area contributed by atoms with Crippen molar-refractivity contribution >= 4 is 6.09 Å². The van der Waals surface area contributed by atoms with Gasteiger partial charge in [-0.15, -0.1) is 0 Å². The highest BCUT2D eigenvalue weighted by Gasteiger charge is 2.39. The number of carbonyl (C=O) groups excluding carboxylic acids is 1. The number of nitrogens with one attached hydrogen (secondary N) is 1. The van der Waals surface area contributed by atoms with Crippen molar-refractivity contribution in [1.82, 2.24) is 10.2 Å². The zero-order valence-corrected chi connectivity index (χ0v) is 10.2. The molecule has 2 heterocycles. The first-order chi connectivity index (χ1) is 7.47. The van der Waals surface area contributed by atoms with Crippen molar-refractivity contribution in [2.24, 2.45) is 0 Å². The monoisotopic (exact) mass is 228 g/mol. The topological polar surface area (TPSA) is 50.8 Å². The number of carbonyl (C=O) groups is 1. The van der Waals surface area contributed by atoms with Gasteiger partial charge in [0.15, 0.2) is 0 Å². The van der Waals surface area contributed by atoms with Crippen LogP contribution in [0.4, 0.5) is 4.79 Å². The normalized spacial score (nSPS) is 30.1. The van der Waals surface area contributed by atoms with E-state index in [0.29, 0.717) is 13.2 Å². The van der Waals surface area contributed by atoms with Crippen LogP contribution in [0, 0.1) is 0 Å². The Morgan fingerprint density at radius 3 is 2.88 bits per heavy atom. The number of rotatable bonds is 0. The predicted molar refractivity (Wildman–Crippen MR) is 59.3 cm³/mol. The van der Waals surface area contributed by atoms with Crippen LogP contribution in [0.5, 0.6) is 0 Å². The van der Waals surface area contributed by atoms with Crippen LogP contribution in [-0.2, 0) is 9.47 Å². The standard InChI is InChI=1S/C11H20N2O3/c1-11(2,3)16-10(14)13-4-5-15-9-7-12-6-8(9)13/h8-9,12H,4-7H2,1-3H3/t8?,9-/m0/s1. The minimum Gasteiger partial charge on any atom is -0.444 e. The minimum atomic E-state index is -0.434. The smallest absolute Gasteiger partial charge is 0.410 e. The molecule has 0 aromatic rings. The van der Waals surface area contributed by atoms with Crippen molar-refractivity contribution in [3.8, 4) is 0 Å².